The van der Waals surface area contributed by atoms with Crippen molar-refractivity contribution in [3.05, 3.63) is 30.1 Å². The zero-order valence-corrected chi connectivity index (χ0v) is 11.3. The van der Waals surface area contributed by atoms with E-state index in [9.17, 15) is 12.8 Å². The van der Waals surface area contributed by atoms with E-state index in [1.807, 2.05) is 6.92 Å². The summed E-state index contributed by atoms with van der Waals surface area (Å²) in [5.74, 6) is -0.421. The molecule has 0 amide bonds. The first-order valence-corrected chi connectivity index (χ1v) is 7.30. The van der Waals surface area contributed by atoms with Crippen LogP contribution in [0.4, 0.5) is 4.39 Å². The smallest absolute Gasteiger partial charge is 0.183 e. The molecule has 1 aromatic carbocycles. The zero-order valence-electron chi connectivity index (χ0n) is 10.5. The van der Waals surface area contributed by atoms with E-state index in [0.717, 1.165) is 12.8 Å². The minimum atomic E-state index is -3.39. The molecule has 0 saturated carbocycles. The maximum absolute atomic E-state index is 12.8. The number of sulfone groups is 1. The molecule has 96 valence electrons. The van der Waals surface area contributed by atoms with E-state index in [4.69, 9.17) is 0 Å². The fraction of sp³-hybridized carbons (Fsp3) is 0.538. The molecule has 0 atom stereocenters. The molecule has 0 fully saturated rings. The largest absolute Gasteiger partial charge is 0.223 e. The number of unbranched alkanes of at least 4 members (excludes halogenated alkanes) is 1. The van der Waals surface area contributed by atoms with Gasteiger partial charge in [0, 0.05) is 0 Å². The van der Waals surface area contributed by atoms with Crippen LogP contribution in [0.3, 0.4) is 0 Å². The average Bonchev–Trinajstić information content (AvgIpc) is 2.27. The predicted octanol–water partition coefficient (Wildman–Crippen LogP) is 3.57. The fourth-order valence-electron chi connectivity index (χ4n) is 1.67. The minimum absolute atomic E-state index is 0.194. The Labute approximate surface area is 103 Å². The lowest BCUT2D eigenvalue weighted by Gasteiger charge is -2.24. The first-order valence-electron chi connectivity index (χ1n) is 5.81. The molecule has 0 saturated heterocycles. The maximum atomic E-state index is 12.8. The normalized spacial score (nSPS) is 12.7. The van der Waals surface area contributed by atoms with Crippen molar-refractivity contribution in [3.8, 4) is 0 Å². The number of hydrogen-bond acceptors (Lipinski definition) is 2. The highest BCUT2D eigenvalue weighted by Gasteiger charge is 2.34. The Kier molecular flexibility index (Phi) is 4.31. The molecule has 0 unspecified atom stereocenters. The highest BCUT2D eigenvalue weighted by molar-refractivity contribution is 7.92. The molecule has 1 aromatic rings. The number of hydrogen-bond donors (Lipinski definition) is 0. The van der Waals surface area contributed by atoms with Crippen molar-refractivity contribution in [2.45, 2.75) is 49.7 Å². The third kappa shape index (κ3) is 3.06. The first-order chi connectivity index (χ1) is 7.81. The van der Waals surface area contributed by atoms with Crippen molar-refractivity contribution in [2.24, 2.45) is 0 Å². The summed E-state index contributed by atoms with van der Waals surface area (Å²) in [5, 5.41) is 0. The molecule has 4 heteroatoms. The second-order valence-corrected chi connectivity index (χ2v) is 7.40. The van der Waals surface area contributed by atoms with Crippen molar-refractivity contribution < 1.29 is 12.8 Å². The Hall–Kier alpha value is -0.900. The second kappa shape index (κ2) is 5.17. The van der Waals surface area contributed by atoms with Crippen LogP contribution in [0.1, 0.15) is 40.0 Å². The van der Waals surface area contributed by atoms with E-state index >= 15 is 0 Å². The van der Waals surface area contributed by atoms with Crippen LogP contribution in [0.15, 0.2) is 29.2 Å². The van der Waals surface area contributed by atoms with Gasteiger partial charge < -0.3 is 0 Å². The Morgan fingerprint density at radius 2 is 1.71 bits per heavy atom. The van der Waals surface area contributed by atoms with Crippen molar-refractivity contribution in [1.29, 1.82) is 0 Å². The van der Waals surface area contributed by atoms with E-state index in [2.05, 4.69) is 0 Å². The van der Waals surface area contributed by atoms with Crippen LogP contribution in [0.25, 0.3) is 0 Å². The molecule has 2 nitrogen and oxygen atoms in total. The molecule has 0 aliphatic carbocycles. The fourth-order valence-corrected chi connectivity index (χ4v) is 3.22. The number of halogens is 1. The van der Waals surface area contributed by atoms with Gasteiger partial charge in [0.1, 0.15) is 5.82 Å². The topological polar surface area (TPSA) is 34.1 Å². The number of benzene rings is 1. The zero-order chi connectivity index (χ0) is 13.1. The summed E-state index contributed by atoms with van der Waals surface area (Å²) in [6.07, 6.45) is 2.44. The average molecular weight is 258 g/mol. The van der Waals surface area contributed by atoms with Gasteiger partial charge in [0.2, 0.25) is 0 Å². The van der Waals surface area contributed by atoms with Crippen molar-refractivity contribution in [3.63, 3.8) is 0 Å². The van der Waals surface area contributed by atoms with Gasteiger partial charge >= 0.3 is 0 Å². The molecule has 0 spiro atoms. The molecule has 0 heterocycles. The lowest BCUT2D eigenvalue weighted by molar-refractivity contribution is 0.513. The van der Waals surface area contributed by atoms with Crippen LogP contribution >= 0.6 is 0 Å². The Morgan fingerprint density at radius 1 is 1.18 bits per heavy atom. The van der Waals surface area contributed by atoms with Crippen molar-refractivity contribution in [1.82, 2.24) is 0 Å². The first kappa shape index (κ1) is 14.2. The minimum Gasteiger partial charge on any atom is -0.223 e. The van der Waals surface area contributed by atoms with Crippen LogP contribution in [0, 0.1) is 5.82 Å². The van der Waals surface area contributed by atoms with E-state index in [0.29, 0.717) is 6.42 Å². The predicted molar refractivity (Wildman–Crippen MR) is 67.2 cm³/mol. The summed E-state index contributed by atoms with van der Waals surface area (Å²) >= 11 is 0. The van der Waals surface area contributed by atoms with E-state index < -0.39 is 20.4 Å². The van der Waals surface area contributed by atoms with Gasteiger partial charge in [0.05, 0.1) is 9.64 Å². The lowest BCUT2D eigenvalue weighted by Crippen LogP contribution is -2.31. The van der Waals surface area contributed by atoms with Crippen LogP contribution in [-0.2, 0) is 9.84 Å². The standard InChI is InChI=1S/C13H19FO2S/c1-4-5-10-13(2,3)17(15,16)12-8-6-11(14)7-9-12/h6-9H,4-5,10H2,1-3H3. The van der Waals surface area contributed by atoms with Gasteiger partial charge in [0.25, 0.3) is 0 Å². The SMILES string of the molecule is CCCCC(C)(C)S(=O)(=O)c1ccc(F)cc1. The molecular formula is C13H19FO2S. The summed E-state index contributed by atoms with van der Waals surface area (Å²) < 4.78 is 36.7. The third-order valence-electron chi connectivity index (χ3n) is 2.98. The van der Waals surface area contributed by atoms with Crippen LogP contribution in [0.2, 0.25) is 0 Å². The van der Waals surface area contributed by atoms with Crippen LogP contribution in [0.5, 0.6) is 0 Å². The molecule has 0 N–H and O–H groups in total. The van der Waals surface area contributed by atoms with Gasteiger partial charge in [-0.05, 0) is 44.5 Å². The van der Waals surface area contributed by atoms with Gasteiger partial charge in [-0.25, -0.2) is 12.8 Å². The second-order valence-electron chi connectivity index (χ2n) is 4.82. The highest BCUT2D eigenvalue weighted by Crippen LogP contribution is 2.29. The van der Waals surface area contributed by atoms with E-state index in [1.54, 1.807) is 13.8 Å². The number of rotatable bonds is 5. The molecule has 0 aliphatic rings. The van der Waals surface area contributed by atoms with E-state index in [1.165, 1.54) is 24.3 Å². The van der Waals surface area contributed by atoms with Gasteiger partial charge in [-0.2, -0.15) is 0 Å². The van der Waals surface area contributed by atoms with Crippen LogP contribution in [-0.4, -0.2) is 13.2 Å². The van der Waals surface area contributed by atoms with Gasteiger partial charge in [0.15, 0.2) is 9.84 Å². The quantitative estimate of drug-likeness (QED) is 0.757. The Morgan fingerprint density at radius 3 is 2.18 bits per heavy atom. The maximum Gasteiger partial charge on any atom is 0.183 e. The Bertz CT molecular complexity index is 461. The monoisotopic (exact) mass is 258 g/mol. The van der Waals surface area contributed by atoms with Crippen molar-refractivity contribution in [2.75, 3.05) is 0 Å². The highest BCUT2D eigenvalue weighted by atomic mass is 32.2. The molecule has 0 aromatic heterocycles. The van der Waals surface area contributed by atoms with Gasteiger partial charge in [-0.3, -0.25) is 0 Å². The summed E-state index contributed by atoms with van der Waals surface area (Å²) in [6.45, 7) is 5.48. The third-order valence-corrected chi connectivity index (χ3v) is 5.54. The molecule has 0 bridgehead atoms. The van der Waals surface area contributed by atoms with Gasteiger partial charge in [-0.1, -0.05) is 19.8 Å². The lowest BCUT2D eigenvalue weighted by atomic mass is 10.1. The van der Waals surface area contributed by atoms with Crippen LogP contribution < -0.4 is 0 Å². The van der Waals surface area contributed by atoms with Gasteiger partial charge in [-0.15, -0.1) is 0 Å². The molecule has 17 heavy (non-hydrogen) atoms. The Balaban J connectivity index is 3.06. The molecule has 0 aliphatic heterocycles. The summed E-state index contributed by atoms with van der Waals surface area (Å²) in [6, 6.07) is 5.03. The molecule has 1 rings (SSSR count). The molecular weight excluding hydrogens is 239 g/mol. The summed E-state index contributed by atoms with van der Waals surface area (Å²) in [5.41, 5.74) is 0. The summed E-state index contributed by atoms with van der Waals surface area (Å²) in [7, 11) is -3.39. The molecule has 0 radical (unpaired) electrons. The van der Waals surface area contributed by atoms with E-state index in [-0.39, 0.29) is 4.90 Å². The van der Waals surface area contributed by atoms with Crippen molar-refractivity contribution >= 4 is 9.84 Å². The summed E-state index contributed by atoms with van der Waals surface area (Å²) in [4.78, 5) is 0.194.